The molecule has 0 aromatic heterocycles. The van der Waals surface area contributed by atoms with E-state index in [1.54, 1.807) is 49.4 Å². The summed E-state index contributed by atoms with van der Waals surface area (Å²) in [6.45, 7) is 30.4. The van der Waals surface area contributed by atoms with Gasteiger partial charge < -0.3 is 55.4 Å². The van der Waals surface area contributed by atoms with Crippen LogP contribution in [0.5, 0.6) is 5.75 Å². The Labute approximate surface area is 671 Å². The highest BCUT2D eigenvalue weighted by Crippen LogP contribution is 2.23. The summed E-state index contributed by atoms with van der Waals surface area (Å²) in [6.07, 6.45) is 2.96. The maximum Gasteiger partial charge on any atom is 0.328 e. The van der Waals surface area contributed by atoms with Gasteiger partial charge in [-0.05, 0) is 125 Å². The second-order valence-corrected chi connectivity index (χ2v) is 30.0. The van der Waals surface area contributed by atoms with Crippen molar-refractivity contribution in [3.8, 4) is 5.75 Å². The van der Waals surface area contributed by atoms with Crippen LogP contribution in [0.2, 0.25) is 10.0 Å². The molecule has 0 heterocycles. The number of rotatable bonds is 36. The number of nitro groups is 1. The molecule has 0 aliphatic heterocycles. The van der Waals surface area contributed by atoms with Crippen LogP contribution in [0.3, 0.4) is 0 Å². The fourth-order valence-corrected chi connectivity index (χ4v) is 10.3. The van der Waals surface area contributed by atoms with Crippen LogP contribution in [-0.4, -0.2) is 133 Å². The van der Waals surface area contributed by atoms with Gasteiger partial charge in [0.1, 0.15) is 36.0 Å². The third-order valence-electron chi connectivity index (χ3n) is 15.6. The van der Waals surface area contributed by atoms with Crippen LogP contribution in [0.15, 0.2) is 138 Å². The number of hydrogen-bond acceptors (Lipinski definition) is 18. The quantitative estimate of drug-likeness (QED) is 0.00921. The lowest BCUT2D eigenvalue weighted by molar-refractivity contribution is -0.384. The summed E-state index contributed by atoms with van der Waals surface area (Å²) in [5, 5.41) is 37.0. The minimum atomic E-state index is -0.708. The molecule has 0 aliphatic carbocycles. The first-order valence-electron chi connectivity index (χ1n) is 37.5. The van der Waals surface area contributed by atoms with Crippen molar-refractivity contribution in [3.63, 3.8) is 0 Å². The predicted molar refractivity (Wildman–Crippen MR) is 434 cm³/mol. The highest BCUT2D eigenvalue weighted by molar-refractivity contribution is 9.10. The van der Waals surface area contributed by atoms with E-state index in [2.05, 4.69) is 42.5 Å². The van der Waals surface area contributed by atoms with Crippen molar-refractivity contribution in [1.29, 1.82) is 0 Å². The van der Waals surface area contributed by atoms with Gasteiger partial charge >= 0.3 is 29.8 Å². The smallest absolute Gasteiger partial charge is 0.328 e. The van der Waals surface area contributed by atoms with Crippen LogP contribution in [0.4, 0.5) is 5.69 Å². The number of esters is 5. The largest absolute Gasteiger partial charge is 0.508 e. The van der Waals surface area contributed by atoms with E-state index in [9.17, 15) is 63.2 Å². The number of nitrogens with zero attached hydrogens (tertiary/aromatic N) is 1. The molecule has 27 heteroatoms. The van der Waals surface area contributed by atoms with E-state index in [1.165, 1.54) is 24.3 Å². The average molecular weight is 1650 g/mol. The molecule has 0 spiro atoms. The van der Waals surface area contributed by atoms with Gasteiger partial charge in [0.05, 0.1) is 70.1 Å². The number of amides is 5. The Morgan fingerprint density at radius 1 is 0.387 bits per heavy atom. The predicted octanol–water partition coefficient (Wildman–Crippen LogP) is 14.5. The van der Waals surface area contributed by atoms with E-state index in [0.717, 1.165) is 26.4 Å². The minimum absolute atomic E-state index is 0.0284. The van der Waals surface area contributed by atoms with Gasteiger partial charge in [0.25, 0.3) is 5.69 Å². The van der Waals surface area contributed by atoms with Crippen LogP contribution >= 0.6 is 39.1 Å². The number of nitro benzene ring substituents is 1. The fourth-order valence-electron chi connectivity index (χ4n) is 9.57. The standard InChI is InChI=1S/C20H25NO3.C16H22BrNO3.C16H21Cl2NO3.C16H22N2O5.C16H23NO4/c1-4-18(20(23)24-13-14(2)3)21-19(22)12-15-9-10-16-7-5-6-8-17(16)11-15;1-4-14(16(20)21-10-11(2)3)18-15(19)9-12-5-7-13(17)8-6-12;1-4-14(16(21)22-9-10(2)3)19-15(20)7-11-5-6-12(17)8-13(11)18;1-4-14(16(20)23-10-11(2)3)17-15(19)9-12-6-5-7-13(8-12)18(21)22;1-4-13(16(20)21-10-11(2)3)17-15(19)9-12-7-5-6-8-14(12)18/h5-11,14,18H,4,12-13H2,1-3H3,(H,21,22);5-8,11,14H,4,9-10H2,1-3H3,(H,18,19);5-6,8,10,14H,4,7,9H2,1-3H3,(H,19,20);5-8,11,14H,4,9-10H2,1-3H3,(H,17,19);5-8,11,13,18H,4,9-10H2,1-3H3,(H,17,19). The summed E-state index contributed by atoms with van der Waals surface area (Å²) in [7, 11) is 0. The Morgan fingerprint density at radius 2 is 0.721 bits per heavy atom. The van der Waals surface area contributed by atoms with Gasteiger partial charge in [-0.3, -0.25) is 34.1 Å². The van der Waals surface area contributed by atoms with Gasteiger partial charge in [0, 0.05) is 32.2 Å². The number of carbonyl (C=O) groups is 10. The number of non-ortho nitro benzene ring substituents is 1. The number of hydrogen-bond donors (Lipinski definition) is 6. The summed E-state index contributed by atoms with van der Waals surface area (Å²) in [5.74, 6) is -1.98. The molecule has 0 fully saturated rings. The van der Waals surface area contributed by atoms with Crippen LogP contribution in [0.25, 0.3) is 10.8 Å². The lowest BCUT2D eigenvalue weighted by Gasteiger charge is -2.17. The number of halogens is 3. The summed E-state index contributed by atoms with van der Waals surface area (Å²) < 4.78 is 26.7. The minimum Gasteiger partial charge on any atom is -0.508 e. The number of aromatic hydroxyl groups is 1. The Bertz CT molecular complexity index is 3930. The molecular weight excluding hydrogens is 1530 g/mol. The van der Waals surface area contributed by atoms with E-state index in [4.69, 9.17) is 46.9 Å². The molecule has 6 aromatic carbocycles. The molecule has 0 aliphatic rings. The molecule has 0 bridgehead atoms. The van der Waals surface area contributed by atoms with Gasteiger partial charge in [-0.25, -0.2) is 24.0 Å². The SMILES string of the molecule is CCC(NC(=O)Cc1ccc(Br)cc1)C(=O)OCC(C)C.CCC(NC(=O)Cc1ccc(Cl)cc1Cl)C(=O)OCC(C)C.CCC(NC(=O)Cc1ccc2ccccc2c1)C(=O)OCC(C)C.CCC(NC(=O)Cc1cccc([N+](=O)[O-])c1)C(=O)OCC(C)C.CCC(NC(=O)Cc1ccccc1O)C(=O)OCC(C)C. The number of nitrogens with one attached hydrogen (secondary N) is 5. The summed E-state index contributed by atoms with van der Waals surface area (Å²) in [6, 6.07) is 35.8. The van der Waals surface area contributed by atoms with Crippen LogP contribution in [0, 0.1) is 39.7 Å². The number of ether oxygens (including phenoxy) is 5. The van der Waals surface area contributed by atoms with Crippen molar-refractivity contribution in [3.05, 3.63) is 186 Å². The lowest BCUT2D eigenvalue weighted by atomic mass is 10.0. The Kier molecular flexibility index (Phi) is 47.0. The van der Waals surface area contributed by atoms with Gasteiger partial charge in [-0.15, -0.1) is 0 Å². The average Bonchev–Trinajstić information content (AvgIpc) is 0.841. The van der Waals surface area contributed by atoms with E-state index in [0.29, 0.717) is 91.9 Å². The second-order valence-electron chi connectivity index (χ2n) is 28.2. The molecule has 6 N–H and O–H groups in total. The molecule has 5 unspecified atom stereocenters. The Hall–Kier alpha value is -9.46. The first kappa shape index (κ1) is 97.6. The second kappa shape index (κ2) is 53.4. The van der Waals surface area contributed by atoms with Crippen molar-refractivity contribution in [2.45, 2.75) is 198 Å². The van der Waals surface area contributed by atoms with Gasteiger partial charge in [-0.1, -0.05) is 234 Å². The maximum absolute atomic E-state index is 12.2. The highest BCUT2D eigenvalue weighted by atomic mass is 79.9. The van der Waals surface area contributed by atoms with E-state index < -0.39 is 53.0 Å². The van der Waals surface area contributed by atoms with Crippen molar-refractivity contribution >= 4 is 115 Å². The van der Waals surface area contributed by atoms with Crippen molar-refractivity contribution < 1.29 is 81.7 Å². The monoisotopic (exact) mass is 1640 g/mol. The maximum atomic E-state index is 12.2. The summed E-state index contributed by atoms with van der Waals surface area (Å²) in [4.78, 5) is 130. The highest BCUT2D eigenvalue weighted by Gasteiger charge is 2.26. The number of para-hydroxylation sites is 1. The Balaban J connectivity index is 0.000000471. The third kappa shape index (κ3) is 41.4. The molecule has 0 saturated carbocycles. The lowest BCUT2D eigenvalue weighted by Crippen LogP contribution is -2.42. The molecule has 5 atom stereocenters. The van der Waals surface area contributed by atoms with Crippen molar-refractivity contribution in [2.24, 2.45) is 29.6 Å². The van der Waals surface area contributed by atoms with Gasteiger partial charge in [0.2, 0.25) is 29.5 Å². The number of phenols is 1. The van der Waals surface area contributed by atoms with Crippen molar-refractivity contribution in [2.75, 3.05) is 33.0 Å². The van der Waals surface area contributed by atoms with Crippen LogP contribution in [-0.2, 0) is 104 Å². The Morgan fingerprint density at radius 3 is 1.08 bits per heavy atom. The first-order chi connectivity index (χ1) is 52.5. The number of carbonyl (C=O) groups excluding carboxylic acids is 10. The third-order valence-corrected chi connectivity index (χ3v) is 16.7. The molecule has 608 valence electrons. The number of benzene rings is 6. The molecule has 6 aromatic rings. The zero-order chi connectivity index (χ0) is 83.3. The molecule has 0 radical (unpaired) electrons. The van der Waals surface area contributed by atoms with Gasteiger partial charge in [0.15, 0.2) is 0 Å². The zero-order valence-electron chi connectivity index (χ0n) is 66.6. The molecule has 6 rings (SSSR count). The molecule has 5 amide bonds. The fraction of sp³-hybridized carbons (Fsp3) is 0.476. The topological polar surface area (TPSA) is 340 Å². The first-order valence-corrected chi connectivity index (χ1v) is 39.0. The normalized spacial score (nSPS) is 12.0. The van der Waals surface area contributed by atoms with Crippen molar-refractivity contribution in [1.82, 2.24) is 26.6 Å². The van der Waals surface area contributed by atoms with E-state index in [-0.39, 0.29) is 115 Å². The molecule has 0 saturated heterocycles. The molecule has 111 heavy (non-hydrogen) atoms. The van der Waals surface area contributed by atoms with Gasteiger partial charge in [-0.2, -0.15) is 0 Å². The molecular formula is C84H113BrCl2N6O18. The summed E-state index contributed by atoms with van der Waals surface area (Å²) in [5.41, 5.74) is 3.47. The zero-order valence-corrected chi connectivity index (χ0v) is 69.6. The number of fused-ring (bicyclic) bond motifs is 1. The number of phenolic OH excluding ortho intramolecular Hbond substituents is 1. The van der Waals surface area contributed by atoms with E-state index in [1.807, 2.05) is 164 Å². The van der Waals surface area contributed by atoms with Crippen LogP contribution < -0.4 is 26.6 Å². The summed E-state index contributed by atoms with van der Waals surface area (Å²) >= 11 is 15.2. The van der Waals surface area contributed by atoms with E-state index >= 15 is 0 Å². The van der Waals surface area contributed by atoms with Crippen LogP contribution in [0.1, 0.15) is 164 Å². The molecule has 24 nitrogen and oxygen atoms in total.